The number of nitrogens with zero attached hydrogens (tertiary/aromatic N) is 2. The molecule has 1 rings (SSSR count). The fourth-order valence-corrected chi connectivity index (χ4v) is 2.15. The summed E-state index contributed by atoms with van der Waals surface area (Å²) >= 11 is 5.96. The lowest BCUT2D eigenvalue weighted by atomic mass is 9.95. The number of aromatic nitrogens is 2. The van der Waals surface area contributed by atoms with E-state index in [1.807, 2.05) is 25.5 Å². The summed E-state index contributed by atoms with van der Waals surface area (Å²) in [6, 6.07) is 0. The van der Waals surface area contributed by atoms with Crippen molar-refractivity contribution < 1.29 is 9.53 Å². The van der Waals surface area contributed by atoms with Crippen LogP contribution in [-0.2, 0) is 16.1 Å². The van der Waals surface area contributed by atoms with E-state index in [4.69, 9.17) is 16.3 Å². The number of carbonyl (C=O) groups is 1. The van der Waals surface area contributed by atoms with Crippen LogP contribution in [0.4, 0.5) is 0 Å². The van der Waals surface area contributed by atoms with E-state index in [0.717, 1.165) is 31.5 Å². The maximum atomic E-state index is 11.9. The van der Waals surface area contributed by atoms with Crippen LogP contribution in [-0.4, -0.2) is 34.9 Å². The predicted molar refractivity (Wildman–Crippen MR) is 79.9 cm³/mol. The average Bonchev–Trinajstić information content (AvgIpc) is 2.75. The summed E-state index contributed by atoms with van der Waals surface area (Å²) in [5, 5.41) is 7.96. The van der Waals surface area contributed by atoms with Gasteiger partial charge in [0.1, 0.15) is 5.54 Å². The molecule has 20 heavy (non-hydrogen) atoms. The van der Waals surface area contributed by atoms with Crippen molar-refractivity contribution in [2.45, 2.75) is 52.1 Å². The highest BCUT2D eigenvalue weighted by Gasteiger charge is 2.32. The molecule has 0 saturated heterocycles. The number of esters is 1. The van der Waals surface area contributed by atoms with Crippen LogP contribution in [0.2, 0.25) is 5.02 Å². The molecule has 1 unspecified atom stereocenters. The molecular weight excluding hydrogens is 278 g/mol. The van der Waals surface area contributed by atoms with Crippen LogP contribution in [0.15, 0.2) is 6.20 Å². The molecule has 0 aromatic carbocycles. The van der Waals surface area contributed by atoms with Crippen molar-refractivity contribution >= 4 is 17.6 Å². The molecule has 0 spiro atoms. The van der Waals surface area contributed by atoms with E-state index >= 15 is 0 Å². The zero-order chi connectivity index (χ0) is 15.2. The quantitative estimate of drug-likeness (QED) is 0.592. The van der Waals surface area contributed by atoms with Gasteiger partial charge >= 0.3 is 5.97 Å². The third-order valence-electron chi connectivity index (χ3n) is 3.62. The molecule has 0 aliphatic carbocycles. The smallest absolute Gasteiger partial charge is 0.326 e. The third kappa shape index (κ3) is 4.21. The number of ether oxygens (including phenoxy) is 1. The number of hydrogen-bond donors (Lipinski definition) is 1. The molecular formula is C14H24ClN3O2. The van der Waals surface area contributed by atoms with E-state index in [-0.39, 0.29) is 5.97 Å². The van der Waals surface area contributed by atoms with Crippen LogP contribution in [0.5, 0.6) is 0 Å². The minimum absolute atomic E-state index is 0.194. The average molecular weight is 302 g/mol. The lowest BCUT2D eigenvalue weighted by Crippen LogP contribution is -2.48. The molecule has 6 heteroatoms. The lowest BCUT2D eigenvalue weighted by molar-refractivity contribution is -0.150. The second-order valence-corrected chi connectivity index (χ2v) is 5.47. The summed E-state index contributed by atoms with van der Waals surface area (Å²) in [6.07, 6.45) is 4.24. The summed E-state index contributed by atoms with van der Waals surface area (Å²) < 4.78 is 6.99. The van der Waals surface area contributed by atoms with Gasteiger partial charge in [0.15, 0.2) is 0 Å². The Bertz CT molecular complexity index is 448. The summed E-state index contributed by atoms with van der Waals surface area (Å²) in [7, 11) is 1.79. The molecule has 0 saturated carbocycles. The molecule has 0 fully saturated rings. The van der Waals surface area contributed by atoms with Crippen LogP contribution in [0, 0.1) is 6.92 Å². The Balaban J connectivity index is 2.42. The summed E-state index contributed by atoms with van der Waals surface area (Å²) in [5.41, 5.74) is 0.362. The van der Waals surface area contributed by atoms with Crippen molar-refractivity contribution in [2.24, 2.45) is 0 Å². The number of rotatable bonds is 8. The van der Waals surface area contributed by atoms with Gasteiger partial charge in [0, 0.05) is 6.54 Å². The van der Waals surface area contributed by atoms with Gasteiger partial charge in [0.2, 0.25) is 0 Å². The summed E-state index contributed by atoms with van der Waals surface area (Å²) in [5.74, 6) is -0.194. The zero-order valence-corrected chi connectivity index (χ0v) is 13.5. The first-order chi connectivity index (χ1) is 9.44. The second kappa shape index (κ2) is 7.64. The Hall–Kier alpha value is -1.07. The number of halogens is 1. The van der Waals surface area contributed by atoms with Crippen LogP contribution in [0.3, 0.4) is 0 Å². The third-order valence-corrected chi connectivity index (χ3v) is 3.99. The predicted octanol–water partition coefficient (Wildman–Crippen LogP) is 2.56. The molecule has 0 aliphatic rings. The van der Waals surface area contributed by atoms with Crippen LogP contribution >= 0.6 is 11.6 Å². The Morgan fingerprint density at radius 2 is 2.25 bits per heavy atom. The SMILES string of the molecule is CCOC(=O)C(C)(CCCCn1ncc(Cl)c1C)NC. The standard InChI is InChI=1S/C14H24ClN3O2/c1-5-20-13(19)14(3,16-4)8-6-7-9-18-11(2)12(15)10-17-18/h10,16H,5-9H2,1-4H3. The van der Waals surface area contributed by atoms with E-state index in [1.54, 1.807) is 13.2 Å². The highest BCUT2D eigenvalue weighted by atomic mass is 35.5. The van der Waals surface area contributed by atoms with Gasteiger partial charge in [0.05, 0.1) is 23.5 Å². The largest absolute Gasteiger partial charge is 0.465 e. The fraction of sp³-hybridized carbons (Fsp3) is 0.714. The van der Waals surface area contributed by atoms with E-state index < -0.39 is 5.54 Å². The normalized spacial score (nSPS) is 14.1. The monoisotopic (exact) mass is 301 g/mol. The molecule has 1 N–H and O–H groups in total. The Labute approximate surface area is 125 Å². The van der Waals surface area contributed by atoms with Gasteiger partial charge in [0.25, 0.3) is 0 Å². The molecule has 1 aromatic rings. The van der Waals surface area contributed by atoms with E-state index in [1.165, 1.54) is 0 Å². The highest BCUT2D eigenvalue weighted by molar-refractivity contribution is 6.31. The second-order valence-electron chi connectivity index (χ2n) is 5.06. The van der Waals surface area contributed by atoms with E-state index in [2.05, 4.69) is 10.4 Å². The zero-order valence-electron chi connectivity index (χ0n) is 12.7. The van der Waals surface area contributed by atoms with E-state index in [9.17, 15) is 4.79 Å². The number of nitrogens with one attached hydrogen (secondary N) is 1. The summed E-state index contributed by atoms with van der Waals surface area (Å²) in [4.78, 5) is 11.9. The lowest BCUT2D eigenvalue weighted by Gasteiger charge is -2.26. The molecule has 1 aromatic heterocycles. The fourth-order valence-electron chi connectivity index (χ4n) is 2.01. The van der Waals surface area contributed by atoms with Gasteiger partial charge in [-0.25, -0.2) is 0 Å². The maximum absolute atomic E-state index is 11.9. The topological polar surface area (TPSA) is 56.2 Å². The van der Waals surface area contributed by atoms with Gasteiger partial charge in [-0.2, -0.15) is 5.10 Å². The van der Waals surface area contributed by atoms with Crippen molar-refractivity contribution in [3.8, 4) is 0 Å². The molecule has 5 nitrogen and oxygen atoms in total. The molecule has 0 amide bonds. The number of unbranched alkanes of at least 4 members (excludes halogenated alkanes) is 1. The number of hydrogen-bond acceptors (Lipinski definition) is 4. The Kier molecular flexibility index (Phi) is 6.49. The number of likely N-dealkylation sites (N-methyl/N-ethyl adjacent to an activating group) is 1. The van der Waals surface area contributed by atoms with Crippen molar-refractivity contribution in [2.75, 3.05) is 13.7 Å². The van der Waals surface area contributed by atoms with Gasteiger partial charge in [-0.15, -0.1) is 0 Å². The first-order valence-electron chi connectivity index (χ1n) is 6.98. The van der Waals surface area contributed by atoms with Crippen molar-refractivity contribution in [1.82, 2.24) is 15.1 Å². The minimum atomic E-state index is -0.618. The number of carbonyl (C=O) groups excluding carboxylic acids is 1. The van der Waals surface area contributed by atoms with Crippen LogP contribution in [0.1, 0.15) is 38.8 Å². The first-order valence-corrected chi connectivity index (χ1v) is 7.36. The first kappa shape index (κ1) is 17.0. The van der Waals surface area contributed by atoms with E-state index in [0.29, 0.717) is 11.6 Å². The van der Waals surface area contributed by atoms with Gasteiger partial charge in [-0.3, -0.25) is 9.48 Å². The minimum Gasteiger partial charge on any atom is -0.465 e. The van der Waals surface area contributed by atoms with Crippen molar-refractivity contribution in [1.29, 1.82) is 0 Å². The van der Waals surface area contributed by atoms with Gasteiger partial charge in [-0.05, 0) is 47.1 Å². The highest BCUT2D eigenvalue weighted by Crippen LogP contribution is 2.18. The maximum Gasteiger partial charge on any atom is 0.326 e. The Morgan fingerprint density at radius 3 is 2.75 bits per heavy atom. The van der Waals surface area contributed by atoms with Gasteiger partial charge < -0.3 is 10.1 Å². The van der Waals surface area contributed by atoms with Crippen LogP contribution in [0.25, 0.3) is 0 Å². The van der Waals surface area contributed by atoms with Crippen molar-refractivity contribution in [3.05, 3.63) is 16.9 Å². The molecule has 1 heterocycles. The van der Waals surface area contributed by atoms with Crippen molar-refractivity contribution in [3.63, 3.8) is 0 Å². The summed E-state index contributed by atoms with van der Waals surface area (Å²) in [6.45, 7) is 6.85. The van der Waals surface area contributed by atoms with Crippen LogP contribution < -0.4 is 5.32 Å². The molecule has 0 aliphatic heterocycles. The molecule has 114 valence electrons. The number of aryl methyl sites for hydroxylation is 1. The molecule has 1 atom stereocenters. The van der Waals surface area contributed by atoms with Gasteiger partial charge in [-0.1, -0.05) is 11.6 Å². The molecule has 0 radical (unpaired) electrons. The Morgan fingerprint density at radius 1 is 1.55 bits per heavy atom. The molecule has 0 bridgehead atoms.